The summed E-state index contributed by atoms with van der Waals surface area (Å²) >= 11 is 0. The highest BCUT2D eigenvalue weighted by Crippen LogP contribution is 2.08. The highest BCUT2D eigenvalue weighted by Gasteiger charge is 2.12. The van der Waals surface area contributed by atoms with Gasteiger partial charge in [0.15, 0.2) is 0 Å². The van der Waals surface area contributed by atoms with E-state index in [0.29, 0.717) is 18.9 Å². The average Bonchev–Trinajstić information content (AvgIpc) is 2.87. The molecule has 0 aliphatic heterocycles. The van der Waals surface area contributed by atoms with Crippen LogP contribution in [0.4, 0.5) is 5.69 Å². The van der Waals surface area contributed by atoms with E-state index in [1.54, 1.807) is 6.92 Å². The molecule has 1 heterocycles. The number of H-pyrrole nitrogens is 1. The number of carbonyl (C=O) groups is 1. The zero-order valence-electron chi connectivity index (χ0n) is 10.7. The van der Waals surface area contributed by atoms with E-state index in [-0.39, 0.29) is 5.82 Å². The first-order valence-corrected chi connectivity index (χ1v) is 6.12. The lowest BCUT2D eigenvalue weighted by Gasteiger charge is -1.99. The van der Waals surface area contributed by atoms with Crippen molar-refractivity contribution in [1.29, 1.82) is 0 Å². The Morgan fingerprint density at radius 3 is 2.74 bits per heavy atom. The number of aryl methyl sites for hydroxylation is 2. The Balaban J connectivity index is 1.93. The van der Waals surface area contributed by atoms with Gasteiger partial charge in [-0.05, 0) is 31.0 Å². The molecule has 1 aromatic heterocycles. The summed E-state index contributed by atoms with van der Waals surface area (Å²) in [6.07, 6.45) is 1.48. The topological polar surface area (TPSA) is 93.9 Å². The van der Waals surface area contributed by atoms with Gasteiger partial charge in [-0.2, -0.15) is 0 Å². The van der Waals surface area contributed by atoms with Crippen LogP contribution in [-0.4, -0.2) is 27.8 Å². The molecule has 0 fully saturated rings. The fourth-order valence-corrected chi connectivity index (χ4v) is 1.64. The SMILES string of the molecule is CCOC(=O)c1n[nH]c(CCc2ccc(N)cc2)n1. The van der Waals surface area contributed by atoms with Gasteiger partial charge in [-0.3, -0.25) is 5.10 Å². The number of rotatable bonds is 5. The predicted octanol–water partition coefficient (Wildman–Crippen LogP) is 1.35. The number of nitrogen functional groups attached to an aromatic ring is 1. The fraction of sp³-hybridized carbons (Fsp3) is 0.308. The van der Waals surface area contributed by atoms with Crippen LogP contribution in [0, 0.1) is 0 Å². The molecule has 0 saturated carbocycles. The van der Waals surface area contributed by atoms with Gasteiger partial charge in [0.2, 0.25) is 0 Å². The second-order valence-electron chi connectivity index (χ2n) is 4.07. The van der Waals surface area contributed by atoms with Crippen molar-refractivity contribution >= 4 is 11.7 Å². The third-order valence-corrected chi connectivity index (χ3v) is 2.62. The standard InChI is InChI=1S/C13H16N4O2/c1-2-19-13(18)12-15-11(16-17-12)8-5-9-3-6-10(14)7-4-9/h3-4,6-7H,2,5,8,14H2,1H3,(H,15,16,17). The number of ether oxygens (including phenoxy) is 1. The Morgan fingerprint density at radius 1 is 1.32 bits per heavy atom. The van der Waals surface area contributed by atoms with Gasteiger partial charge in [-0.15, -0.1) is 5.10 Å². The second-order valence-corrected chi connectivity index (χ2v) is 4.07. The quantitative estimate of drug-likeness (QED) is 0.625. The number of benzene rings is 1. The molecule has 0 atom stereocenters. The van der Waals surface area contributed by atoms with Gasteiger partial charge in [0.05, 0.1) is 6.61 Å². The Labute approximate surface area is 111 Å². The average molecular weight is 260 g/mol. The van der Waals surface area contributed by atoms with Crippen LogP contribution >= 0.6 is 0 Å². The predicted molar refractivity (Wildman–Crippen MR) is 70.6 cm³/mol. The van der Waals surface area contributed by atoms with Crippen molar-refractivity contribution in [2.75, 3.05) is 12.3 Å². The number of anilines is 1. The molecule has 19 heavy (non-hydrogen) atoms. The van der Waals surface area contributed by atoms with E-state index >= 15 is 0 Å². The van der Waals surface area contributed by atoms with Crippen LogP contribution in [0.15, 0.2) is 24.3 Å². The van der Waals surface area contributed by atoms with Crippen molar-refractivity contribution in [2.24, 2.45) is 0 Å². The number of aromatic amines is 1. The Morgan fingerprint density at radius 2 is 2.05 bits per heavy atom. The second kappa shape index (κ2) is 5.99. The van der Waals surface area contributed by atoms with E-state index in [1.807, 2.05) is 24.3 Å². The highest BCUT2D eigenvalue weighted by atomic mass is 16.5. The van der Waals surface area contributed by atoms with Crippen molar-refractivity contribution in [3.63, 3.8) is 0 Å². The first-order valence-electron chi connectivity index (χ1n) is 6.12. The molecule has 3 N–H and O–H groups in total. The van der Waals surface area contributed by atoms with Gasteiger partial charge in [0, 0.05) is 12.1 Å². The number of hydrogen-bond donors (Lipinski definition) is 2. The van der Waals surface area contributed by atoms with Gasteiger partial charge < -0.3 is 10.5 Å². The van der Waals surface area contributed by atoms with Crippen molar-refractivity contribution in [3.05, 3.63) is 41.5 Å². The van der Waals surface area contributed by atoms with Crippen molar-refractivity contribution < 1.29 is 9.53 Å². The lowest BCUT2D eigenvalue weighted by molar-refractivity contribution is 0.0512. The van der Waals surface area contributed by atoms with Gasteiger partial charge in [-0.1, -0.05) is 12.1 Å². The summed E-state index contributed by atoms with van der Waals surface area (Å²) in [5, 5.41) is 6.57. The summed E-state index contributed by atoms with van der Waals surface area (Å²) in [6.45, 7) is 2.06. The fourth-order valence-electron chi connectivity index (χ4n) is 1.64. The van der Waals surface area contributed by atoms with Gasteiger partial charge >= 0.3 is 5.97 Å². The number of hydrogen-bond acceptors (Lipinski definition) is 5. The number of carbonyl (C=O) groups excluding carboxylic acids is 1. The molecule has 2 rings (SSSR count). The summed E-state index contributed by atoms with van der Waals surface area (Å²) in [4.78, 5) is 15.5. The smallest absolute Gasteiger partial charge is 0.378 e. The first-order chi connectivity index (χ1) is 9.19. The molecule has 0 spiro atoms. The van der Waals surface area contributed by atoms with Gasteiger partial charge in [-0.25, -0.2) is 9.78 Å². The Bertz CT molecular complexity index is 548. The molecule has 0 amide bonds. The monoisotopic (exact) mass is 260 g/mol. The maximum absolute atomic E-state index is 11.4. The van der Waals surface area contributed by atoms with E-state index in [9.17, 15) is 4.79 Å². The molecule has 0 bridgehead atoms. The number of nitrogens with zero attached hydrogens (tertiary/aromatic N) is 2. The molecule has 0 radical (unpaired) electrons. The lowest BCUT2D eigenvalue weighted by atomic mass is 10.1. The largest absolute Gasteiger partial charge is 0.460 e. The van der Waals surface area contributed by atoms with Crippen LogP contribution in [0.2, 0.25) is 0 Å². The summed E-state index contributed by atoms with van der Waals surface area (Å²) in [5.41, 5.74) is 7.52. The molecule has 0 aliphatic carbocycles. The Hall–Kier alpha value is -2.37. The number of nitrogens with one attached hydrogen (secondary N) is 1. The molecule has 0 saturated heterocycles. The molecule has 1 aromatic carbocycles. The normalized spacial score (nSPS) is 10.4. The maximum Gasteiger partial charge on any atom is 0.378 e. The minimum Gasteiger partial charge on any atom is -0.460 e. The third kappa shape index (κ3) is 3.54. The van der Waals surface area contributed by atoms with Gasteiger partial charge in [0.25, 0.3) is 5.82 Å². The number of nitrogens with two attached hydrogens (primary N) is 1. The van der Waals surface area contributed by atoms with Crippen molar-refractivity contribution in [3.8, 4) is 0 Å². The van der Waals surface area contributed by atoms with Crippen LogP contribution in [-0.2, 0) is 17.6 Å². The highest BCUT2D eigenvalue weighted by molar-refractivity contribution is 5.84. The molecule has 2 aromatic rings. The molecule has 0 unspecified atom stereocenters. The minimum absolute atomic E-state index is 0.0779. The maximum atomic E-state index is 11.4. The van der Waals surface area contributed by atoms with Crippen LogP contribution in [0.1, 0.15) is 28.9 Å². The van der Waals surface area contributed by atoms with E-state index in [4.69, 9.17) is 10.5 Å². The van der Waals surface area contributed by atoms with Crippen molar-refractivity contribution in [1.82, 2.24) is 15.2 Å². The molecular formula is C13H16N4O2. The van der Waals surface area contributed by atoms with E-state index < -0.39 is 5.97 Å². The zero-order valence-corrected chi connectivity index (χ0v) is 10.7. The third-order valence-electron chi connectivity index (χ3n) is 2.62. The molecule has 6 nitrogen and oxygen atoms in total. The summed E-state index contributed by atoms with van der Waals surface area (Å²) < 4.78 is 4.82. The van der Waals surface area contributed by atoms with Crippen LogP contribution in [0.25, 0.3) is 0 Å². The molecule has 6 heteroatoms. The first kappa shape index (κ1) is 13.1. The summed E-state index contributed by atoms with van der Waals surface area (Å²) in [5.74, 6) is 0.242. The molecule has 100 valence electrons. The van der Waals surface area contributed by atoms with Gasteiger partial charge in [0.1, 0.15) is 5.82 Å². The van der Waals surface area contributed by atoms with E-state index in [2.05, 4.69) is 15.2 Å². The number of aromatic nitrogens is 3. The Kier molecular flexibility index (Phi) is 4.12. The van der Waals surface area contributed by atoms with Crippen LogP contribution in [0.3, 0.4) is 0 Å². The molecule has 0 aliphatic rings. The summed E-state index contributed by atoms with van der Waals surface area (Å²) in [7, 11) is 0. The lowest BCUT2D eigenvalue weighted by Crippen LogP contribution is -2.06. The number of esters is 1. The van der Waals surface area contributed by atoms with Crippen LogP contribution in [0.5, 0.6) is 0 Å². The van der Waals surface area contributed by atoms with E-state index in [0.717, 1.165) is 17.7 Å². The zero-order chi connectivity index (χ0) is 13.7. The van der Waals surface area contributed by atoms with E-state index in [1.165, 1.54) is 0 Å². The van der Waals surface area contributed by atoms with Crippen LogP contribution < -0.4 is 5.73 Å². The molecular weight excluding hydrogens is 244 g/mol. The minimum atomic E-state index is -0.502. The summed E-state index contributed by atoms with van der Waals surface area (Å²) in [6, 6.07) is 7.66. The van der Waals surface area contributed by atoms with Crippen molar-refractivity contribution in [2.45, 2.75) is 19.8 Å².